The molecule has 0 spiro atoms. The Labute approximate surface area is 594 Å². The zero-order chi connectivity index (χ0) is 71.2. The quantitative estimate of drug-likeness (QED) is 0.0222. The van der Waals surface area contributed by atoms with Gasteiger partial charge in [-0.25, -0.2) is 9.13 Å². The highest BCUT2D eigenvalue weighted by atomic mass is 31.2. The first-order valence-electron chi connectivity index (χ1n) is 40.6. The van der Waals surface area contributed by atoms with Crippen LogP contribution in [0.4, 0.5) is 0 Å². The van der Waals surface area contributed by atoms with Crippen molar-refractivity contribution >= 4 is 39.5 Å². The maximum atomic E-state index is 13.1. The normalized spacial score (nSPS) is 13.9. The Morgan fingerprint density at radius 2 is 0.474 bits per heavy atom. The molecule has 0 aromatic carbocycles. The molecule has 0 bridgehead atoms. The van der Waals surface area contributed by atoms with Gasteiger partial charge in [-0.05, 0) is 31.6 Å². The molecular weight excluding hydrogens is 1270 g/mol. The van der Waals surface area contributed by atoms with Crippen LogP contribution in [0.2, 0.25) is 0 Å². The van der Waals surface area contributed by atoms with Gasteiger partial charge in [-0.15, -0.1) is 0 Å². The molecule has 0 aliphatic heterocycles. The molecule has 0 saturated heterocycles. The summed E-state index contributed by atoms with van der Waals surface area (Å²) >= 11 is 0. The van der Waals surface area contributed by atoms with E-state index >= 15 is 0 Å². The van der Waals surface area contributed by atoms with Crippen molar-refractivity contribution < 1.29 is 80.2 Å². The van der Waals surface area contributed by atoms with Gasteiger partial charge in [-0.3, -0.25) is 37.3 Å². The van der Waals surface area contributed by atoms with Crippen molar-refractivity contribution in [3.05, 3.63) is 0 Å². The fourth-order valence-electron chi connectivity index (χ4n) is 12.1. The number of aliphatic hydroxyl groups excluding tert-OH is 1. The molecule has 0 fully saturated rings. The van der Waals surface area contributed by atoms with Crippen molar-refractivity contribution in [2.75, 3.05) is 39.6 Å². The summed E-state index contributed by atoms with van der Waals surface area (Å²) in [7, 11) is -9.91. The molecule has 3 N–H and O–H groups in total. The number of esters is 4. The highest BCUT2D eigenvalue weighted by molar-refractivity contribution is 7.47. The van der Waals surface area contributed by atoms with Gasteiger partial charge in [-0.1, -0.05) is 362 Å². The topological polar surface area (TPSA) is 237 Å². The molecule has 0 rings (SSSR count). The third kappa shape index (κ3) is 72.2. The van der Waals surface area contributed by atoms with Gasteiger partial charge in [0, 0.05) is 25.7 Å². The summed E-state index contributed by atoms with van der Waals surface area (Å²) < 4.78 is 68.6. The molecule has 0 heterocycles. The van der Waals surface area contributed by atoms with Crippen molar-refractivity contribution in [1.82, 2.24) is 0 Å². The molecule has 97 heavy (non-hydrogen) atoms. The van der Waals surface area contributed by atoms with E-state index in [1.807, 2.05) is 0 Å². The van der Waals surface area contributed by atoms with Gasteiger partial charge in [0.25, 0.3) is 0 Å². The molecule has 0 aliphatic carbocycles. The molecule has 0 saturated carbocycles. The van der Waals surface area contributed by atoms with E-state index in [0.717, 1.165) is 95.8 Å². The summed E-state index contributed by atoms with van der Waals surface area (Å²) in [5.74, 6) is -1.37. The van der Waals surface area contributed by atoms with Crippen LogP contribution in [-0.2, 0) is 65.4 Å². The van der Waals surface area contributed by atoms with Crippen molar-refractivity contribution in [1.29, 1.82) is 0 Å². The lowest BCUT2D eigenvalue weighted by Crippen LogP contribution is -2.30. The fourth-order valence-corrected chi connectivity index (χ4v) is 13.6. The maximum absolute atomic E-state index is 13.1. The zero-order valence-corrected chi connectivity index (χ0v) is 65.0. The number of rotatable bonds is 78. The Balaban J connectivity index is 5.25. The number of hydrogen-bond donors (Lipinski definition) is 3. The smallest absolute Gasteiger partial charge is 0.462 e. The van der Waals surface area contributed by atoms with E-state index in [1.54, 1.807) is 0 Å². The maximum Gasteiger partial charge on any atom is 0.472 e. The highest BCUT2D eigenvalue weighted by Gasteiger charge is 2.30. The van der Waals surface area contributed by atoms with Gasteiger partial charge in [-0.2, -0.15) is 0 Å². The fraction of sp³-hybridized carbons (Fsp3) is 0.949. The van der Waals surface area contributed by atoms with Crippen LogP contribution < -0.4 is 0 Å². The third-order valence-corrected chi connectivity index (χ3v) is 20.2. The summed E-state index contributed by atoms with van der Waals surface area (Å²) in [4.78, 5) is 72.9. The first-order valence-corrected chi connectivity index (χ1v) is 43.6. The van der Waals surface area contributed by atoms with Crippen LogP contribution in [0.15, 0.2) is 0 Å². The monoisotopic (exact) mass is 1420 g/mol. The van der Waals surface area contributed by atoms with E-state index in [1.165, 1.54) is 238 Å². The van der Waals surface area contributed by atoms with Crippen molar-refractivity contribution in [3.63, 3.8) is 0 Å². The van der Waals surface area contributed by atoms with E-state index in [9.17, 15) is 43.2 Å². The largest absolute Gasteiger partial charge is 0.472 e. The lowest BCUT2D eigenvalue weighted by atomic mass is 10.0. The number of ether oxygens (including phenoxy) is 4. The Kier molecular flexibility index (Phi) is 69.6. The molecule has 5 atom stereocenters. The second-order valence-electron chi connectivity index (χ2n) is 28.6. The van der Waals surface area contributed by atoms with Crippen LogP contribution in [-0.4, -0.2) is 96.7 Å². The van der Waals surface area contributed by atoms with E-state index in [2.05, 4.69) is 34.6 Å². The molecule has 0 aliphatic rings. The Morgan fingerprint density at radius 1 is 0.278 bits per heavy atom. The Bertz CT molecular complexity index is 1860. The molecule has 0 aromatic rings. The molecule has 0 amide bonds. The van der Waals surface area contributed by atoms with Gasteiger partial charge < -0.3 is 33.8 Å². The average molecular weight is 1420 g/mol. The highest BCUT2D eigenvalue weighted by Crippen LogP contribution is 2.45. The van der Waals surface area contributed by atoms with Crippen LogP contribution in [0, 0.1) is 5.92 Å². The number of hydrogen-bond acceptors (Lipinski definition) is 15. The Hall–Kier alpha value is -1.94. The third-order valence-electron chi connectivity index (χ3n) is 18.3. The minimum absolute atomic E-state index is 0.106. The molecule has 0 aromatic heterocycles. The molecular formula is C78H152O17P2. The van der Waals surface area contributed by atoms with Crippen LogP contribution in [0.3, 0.4) is 0 Å². The van der Waals surface area contributed by atoms with E-state index in [4.69, 9.17) is 37.0 Å². The molecule has 2 unspecified atom stereocenters. The minimum Gasteiger partial charge on any atom is -0.462 e. The van der Waals surface area contributed by atoms with E-state index in [0.29, 0.717) is 25.7 Å². The van der Waals surface area contributed by atoms with Crippen LogP contribution >= 0.6 is 15.6 Å². The summed E-state index contributed by atoms with van der Waals surface area (Å²) in [5.41, 5.74) is 0. The molecule has 19 heteroatoms. The summed E-state index contributed by atoms with van der Waals surface area (Å²) in [6, 6.07) is 0. The predicted molar refractivity (Wildman–Crippen MR) is 395 cm³/mol. The number of unbranched alkanes of at least 4 members (excludes halogenated alkanes) is 50. The second-order valence-corrected chi connectivity index (χ2v) is 31.5. The number of aliphatic hydroxyl groups is 1. The standard InChI is InChI=1S/C78H152O17P2/c1-6-9-12-15-18-21-24-27-29-30-31-33-35-38-43-48-53-58-63-77(82)94-73(67-89-76(81)62-57-52-47-42-37-34-32-28-25-22-19-16-13-10-7-2)69-92-96(84,85)90-65-72(79)66-91-97(86,87)93-70-74(95-78(83)64-59-54-49-44-39-40-45-50-55-60-71(4)5)68-88-75(80)61-56-51-46-41-36-26-23-20-17-14-11-8-3/h71-74,79H,6-70H2,1-5H3,(H,84,85)(H,86,87)/t72-,73-,74-/m1/s1. The van der Waals surface area contributed by atoms with Crippen LogP contribution in [0.25, 0.3) is 0 Å². The summed E-state index contributed by atoms with van der Waals surface area (Å²) in [6.45, 7) is 7.29. The number of phosphoric ester groups is 2. The molecule has 17 nitrogen and oxygen atoms in total. The summed E-state index contributed by atoms with van der Waals surface area (Å²) in [5, 5.41) is 10.6. The van der Waals surface area contributed by atoms with Gasteiger partial charge in [0.2, 0.25) is 0 Å². The predicted octanol–water partition coefficient (Wildman–Crippen LogP) is 23.3. The number of phosphoric acid groups is 2. The van der Waals surface area contributed by atoms with E-state index in [-0.39, 0.29) is 25.7 Å². The van der Waals surface area contributed by atoms with Gasteiger partial charge in [0.1, 0.15) is 19.3 Å². The minimum atomic E-state index is -4.96. The Morgan fingerprint density at radius 3 is 0.701 bits per heavy atom. The first-order chi connectivity index (χ1) is 47.0. The summed E-state index contributed by atoms with van der Waals surface area (Å²) in [6.07, 6.45) is 60.9. The molecule has 576 valence electrons. The second kappa shape index (κ2) is 71.1. The van der Waals surface area contributed by atoms with Crippen LogP contribution in [0.5, 0.6) is 0 Å². The van der Waals surface area contributed by atoms with E-state index < -0.39 is 97.5 Å². The van der Waals surface area contributed by atoms with Crippen molar-refractivity contribution in [3.8, 4) is 0 Å². The average Bonchev–Trinajstić information content (AvgIpc) is 1.71. The molecule has 0 radical (unpaired) electrons. The number of carbonyl (C=O) groups is 4. The van der Waals surface area contributed by atoms with Crippen LogP contribution in [0.1, 0.15) is 413 Å². The number of carbonyl (C=O) groups excluding carboxylic acids is 4. The lowest BCUT2D eigenvalue weighted by molar-refractivity contribution is -0.161. The zero-order valence-electron chi connectivity index (χ0n) is 63.2. The van der Waals surface area contributed by atoms with Gasteiger partial charge in [0.15, 0.2) is 12.2 Å². The van der Waals surface area contributed by atoms with Gasteiger partial charge in [0.05, 0.1) is 26.4 Å². The first kappa shape index (κ1) is 95.1. The van der Waals surface area contributed by atoms with Gasteiger partial charge >= 0.3 is 39.5 Å². The van der Waals surface area contributed by atoms with Crippen molar-refractivity contribution in [2.24, 2.45) is 5.92 Å². The van der Waals surface area contributed by atoms with Crippen molar-refractivity contribution in [2.45, 2.75) is 432 Å². The SMILES string of the molecule is CCCCCCCCCCCCCCCCCCCCC(=O)O[C@H](COC(=O)CCCCCCCCCCCCCCCCC)COP(=O)(O)OC[C@@H](O)COP(=O)(O)OC[C@@H](COC(=O)CCCCCCCCCCCCCC)OC(=O)CCCCCCCCCCCC(C)C. The lowest BCUT2D eigenvalue weighted by Gasteiger charge is -2.21.